The molecule has 0 aromatic heterocycles. The van der Waals surface area contributed by atoms with Gasteiger partial charge in [-0.15, -0.1) is 0 Å². The highest BCUT2D eigenvalue weighted by molar-refractivity contribution is 5.52. The molecule has 0 bridgehead atoms. The number of aliphatic hydroxyl groups is 1. The Morgan fingerprint density at radius 3 is 1.65 bits per heavy atom. The van der Waals surface area contributed by atoms with E-state index >= 15 is 0 Å². The molecule has 0 atom stereocenters. The fraction of sp³-hybridized carbons (Fsp3) is 0.100. The second kappa shape index (κ2) is 9.36. The van der Waals surface area contributed by atoms with E-state index in [0.29, 0.717) is 11.1 Å². The molecule has 23 heavy (non-hydrogen) atoms. The molecule has 0 heterocycles. The van der Waals surface area contributed by atoms with Gasteiger partial charge in [-0.3, -0.25) is 0 Å². The van der Waals surface area contributed by atoms with Gasteiger partial charge in [0.05, 0.1) is 0 Å². The zero-order chi connectivity index (χ0) is 18.2. The fourth-order valence-electron chi connectivity index (χ4n) is 1.25. The Kier molecular flexibility index (Phi) is 8.27. The van der Waals surface area contributed by atoms with Crippen LogP contribution in [0.15, 0.2) is 109 Å². The molecular weight excluding hydrogens is 294 g/mol. The molecule has 0 saturated heterocycles. The van der Waals surface area contributed by atoms with Gasteiger partial charge in [-0.1, -0.05) is 76.3 Å². The lowest BCUT2D eigenvalue weighted by atomic mass is 10.0. The highest BCUT2D eigenvalue weighted by atomic mass is 19.2. The number of aliphatic hydroxyl groups excluding tert-OH is 1. The van der Waals surface area contributed by atoms with Gasteiger partial charge in [0.1, 0.15) is 5.76 Å². The molecule has 0 aliphatic heterocycles. The summed E-state index contributed by atoms with van der Waals surface area (Å²) in [6, 6.07) is 0. The number of hydrogen-bond donors (Lipinski definition) is 1. The third kappa shape index (κ3) is 6.74. The third-order valence-corrected chi connectivity index (χ3v) is 2.97. The molecule has 0 aliphatic carbocycles. The van der Waals surface area contributed by atoms with Crippen LogP contribution in [0.25, 0.3) is 0 Å². The van der Waals surface area contributed by atoms with Gasteiger partial charge in [-0.05, 0) is 23.1 Å². The lowest BCUT2D eigenvalue weighted by Crippen LogP contribution is -1.91. The number of halogens is 2. The van der Waals surface area contributed by atoms with Crippen LogP contribution in [0.1, 0.15) is 13.3 Å². The maximum absolute atomic E-state index is 13.7. The number of rotatable bonds is 9. The van der Waals surface area contributed by atoms with E-state index in [4.69, 9.17) is 5.11 Å². The Labute approximate surface area is 137 Å². The molecule has 122 valence electrons. The van der Waals surface area contributed by atoms with Gasteiger partial charge in [0.2, 0.25) is 0 Å². The minimum atomic E-state index is -1.46. The van der Waals surface area contributed by atoms with Crippen LogP contribution in [0.2, 0.25) is 0 Å². The molecule has 0 spiro atoms. The molecule has 1 N–H and O–H groups in total. The molecule has 3 heteroatoms. The Morgan fingerprint density at radius 1 is 0.783 bits per heavy atom. The largest absolute Gasteiger partial charge is 0.505 e. The van der Waals surface area contributed by atoms with E-state index in [1.54, 1.807) is 12.2 Å². The van der Waals surface area contributed by atoms with Crippen LogP contribution in [-0.4, -0.2) is 5.11 Å². The maximum atomic E-state index is 13.7. The van der Waals surface area contributed by atoms with Crippen molar-refractivity contribution < 1.29 is 13.9 Å². The molecule has 0 unspecified atom stereocenters. The van der Waals surface area contributed by atoms with Gasteiger partial charge in [-0.25, -0.2) is 4.39 Å². The normalized spacial score (nSPS) is 12.1. The van der Waals surface area contributed by atoms with Crippen LogP contribution in [0.5, 0.6) is 0 Å². The fourth-order valence-corrected chi connectivity index (χ4v) is 1.25. The van der Waals surface area contributed by atoms with Gasteiger partial charge >= 0.3 is 0 Å². The molecule has 0 radical (unpaired) electrons. The van der Waals surface area contributed by atoms with Crippen molar-refractivity contribution in [3.05, 3.63) is 109 Å². The summed E-state index contributed by atoms with van der Waals surface area (Å²) < 4.78 is 26.9. The second-order valence-electron chi connectivity index (χ2n) is 4.81. The van der Waals surface area contributed by atoms with Crippen LogP contribution in [0.4, 0.5) is 8.78 Å². The summed E-state index contributed by atoms with van der Waals surface area (Å²) in [4.78, 5) is 0. The molecule has 0 amide bonds. The average Bonchev–Trinajstić information content (AvgIpc) is 2.54. The van der Waals surface area contributed by atoms with Crippen molar-refractivity contribution in [2.45, 2.75) is 13.3 Å². The molecule has 1 nitrogen and oxygen atoms in total. The van der Waals surface area contributed by atoms with Crippen molar-refractivity contribution in [2.75, 3.05) is 0 Å². The van der Waals surface area contributed by atoms with Gasteiger partial charge in [0, 0.05) is 5.57 Å². The zero-order valence-corrected chi connectivity index (χ0v) is 13.5. The first-order chi connectivity index (χ1) is 10.6. The minimum Gasteiger partial charge on any atom is -0.505 e. The smallest absolute Gasteiger partial charge is 0.200 e. The van der Waals surface area contributed by atoms with Crippen molar-refractivity contribution in [1.29, 1.82) is 0 Å². The van der Waals surface area contributed by atoms with Crippen LogP contribution in [0, 0.1) is 0 Å². The van der Waals surface area contributed by atoms with Crippen LogP contribution in [-0.2, 0) is 0 Å². The highest BCUT2D eigenvalue weighted by Gasteiger charge is 2.13. The minimum absolute atomic E-state index is 0.134. The summed E-state index contributed by atoms with van der Waals surface area (Å²) in [5, 5.41) is 8.84. The predicted octanol–water partition coefficient (Wildman–Crippen LogP) is 6.51. The second-order valence-corrected chi connectivity index (χ2v) is 4.81. The van der Waals surface area contributed by atoms with Crippen molar-refractivity contribution >= 4 is 0 Å². The average molecular weight is 316 g/mol. The third-order valence-electron chi connectivity index (χ3n) is 2.97. The summed E-state index contributed by atoms with van der Waals surface area (Å²) in [5.41, 5.74) is 2.03. The van der Waals surface area contributed by atoms with Crippen molar-refractivity contribution in [3.63, 3.8) is 0 Å². The molecule has 0 saturated carbocycles. The molecule has 0 aromatic carbocycles. The first-order valence-corrected chi connectivity index (χ1v) is 6.85. The number of hydrogen-bond acceptors (Lipinski definition) is 1. The van der Waals surface area contributed by atoms with E-state index in [1.165, 1.54) is 6.08 Å². The molecule has 0 fully saturated rings. The van der Waals surface area contributed by atoms with Gasteiger partial charge in [0.25, 0.3) is 0 Å². The standard InChI is InChI=1S/C20H22F2O/c1-8-13(2)9-10-14(3)15(4)11-12-16(5)17(6)19(21)20(22)18(7)23/h9-12,23H,2-8H2,1H3/b10-9-,12-11-,20-19-. The Morgan fingerprint density at radius 2 is 1.22 bits per heavy atom. The van der Waals surface area contributed by atoms with Gasteiger partial charge < -0.3 is 5.11 Å². The zero-order valence-electron chi connectivity index (χ0n) is 13.5. The van der Waals surface area contributed by atoms with Crippen LogP contribution < -0.4 is 0 Å². The summed E-state index contributed by atoms with van der Waals surface area (Å²) in [6.45, 7) is 23.4. The van der Waals surface area contributed by atoms with E-state index in [-0.39, 0.29) is 11.1 Å². The summed E-state index contributed by atoms with van der Waals surface area (Å²) in [5.74, 6) is -3.77. The van der Waals surface area contributed by atoms with Crippen LogP contribution >= 0.6 is 0 Å². The van der Waals surface area contributed by atoms with Crippen LogP contribution in [0.3, 0.4) is 0 Å². The maximum Gasteiger partial charge on any atom is 0.200 e. The van der Waals surface area contributed by atoms with E-state index in [9.17, 15) is 8.78 Å². The quantitative estimate of drug-likeness (QED) is 0.379. The lowest BCUT2D eigenvalue weighted by Gasteiger charge is -2.05. The Balaban J connectivity index is 4.97. The summed E-state index contributed by atoms with van der Waals surface area (Å²) in [6.07, 6.45) is 7.43. The number of allylic oxidation sites excluding steroid dienone is 11. The summed E-state index contributed by atoms with van der Waals surface area (Å²) in [7, 11) is 0. The van der Waals surface area contributed by atoms with Crippen molar-refractivity contribution in [1.82, 2.24) is 0 Å². The SMILES string of the molecule is C=C(/C=C\C(=C)C(=C)/C=C\C(=C)C(=C)/C(F)=C(/F)C(=C)O)CC. The monoisotopic (exact) mass is 316 g/mol. The lowest BCUT2D eigenvalue weighted by molar-refractivity contribution is 0.381. The van der Waals surface area contributed by atoms with E-state index in [2.05, 4.69) is 39.5 Å². The van der Waals surface area contributed by atoms with E-state index < -0.39 is 17.4 Å². The Hall–Kier alpha value is -2.68. The molecule has 0 aromatic rings. The summed E-state index contributed by atoms with van der Waals surface area (Å²) >= 11 is 0. The topological polar surface area (TPSA) is 20.2 Å². The van der Waals surface area contributed by atoms with E-state index in [1.807, 2.05) is 13.0 Å². The first kappa shape index (κ1) is 20.3. The molecule has 0 rings (SSSR count). The highest BCUT2D eigenvalue weighted by Crippen LogP contribution is 2.25. The van der Waals surface area contributed by atoms with Crippen molar-refractivity contribution in [3.8, 4) is 0 Å². The molecule has 0 aliphatic rings. The van der Waals surface area contributed by atoms with Gasteiger partial charge in [-0.2, -0.15) is 4.39 Å². The first-order valence-electron chi connectivity index (χ1n) is 6.85. The van der Waals surface area contributed by atoms with Crippen molar-refractivity contribution in [2.24, 2.45) is 0 Å². The van der Waals surface area contributed by atoms with Gasteiger partial charge in [0.15, 0.2) is 11.7 Å². The molecular formula is C20H22F2O. The Bertz CT molecular complexity index is 655. The predicted molar refractivity (Wildman–Crippen MR) is 95.3 cm³/mol. The van der Waals surface area contributed by atoms with E-state index in [0.717, 1.165) is 12.0 Å².